The maximum atomic E-state index is 11.7. The molecule has 0 aliphatic heterocycles. The van der Waals surface area contributed by atoms with Crippen molar-refractivity contribution in [3.63, 3.8) is 0 Å². The van der Waals surface area contributed by atoms with Gasteiger partial charge in [0.25, 0.3) is 5.91 Å². The van der Waals surface area contributed by atoms with Crippen molar-refractivity contribution in [3.8, 4) is 0 Å². The van der Waals surface area contributed by atoms with Gasteiger partial charge in [0.05, 0.1) is 0 Å². The number of aromatic nitrogens is 2. The van der Waals surface area contributed by atoms with Crippen LogP contribution in [0.1, 0.15) is 43.1 Å². The van der Waals surface area contributed by atoms with Gasteiger partial charge in [0, 0.05) is 6.04 Å². The average Bonchev–Trinajstić information content (AvgIpc) is 2.86. The lowest BCUT2D eigenvalue weighted by Gasteiger charge is -2.19. The van der Waals surface area contributed by atoms with E-state index in [1.165, 1.54) is 25.7 Å². The number of carbonyl (C=O) groups is 1. The van der Waals surface area contributed by atoms with Crippen LogP contribution in [0.4, 0.5) is 5.82 Å². The van der Waals surface area contributed by atoms with E-state index in [0.717, 1.165) is 0 Å². The lowest BCUT2D eigenvalue weighted by molar-refractivity contribution is 0.0918. The fourth-order valence-corrected chi connectivity index (χ4v) is 2.20. The molecular weight excluding hydrogens is 208 g/mol. The van der Waals surface area contributed by atoms with Crippen molar-refractivity contribution in [1.82, 2.24) is 15.6 Å². The number of nitrogens with one attached hydrogen (secondary N) is 1. The first kappa shape index (κ1) is 10.9. The fraction of sp³-hybridized carbons (Fsp3) is 0.700. The zero-order valence-electron chi connectivity index (χ0n) is 9.27. The molecule has 1 unspecified atom stereocenters. The highest BCUT2D eigenvalue weighted by atomic mass is 16.6. The summed E-state index contributed by atoms with van der Waals surface area (Å²) in [5, 5.41) is 9.73. The van der Waals surface area contributed by atoms with Crippen LogP contribution in [-0.2, 0) is 0 Å². The second kappa shape index (κ2) is 4.51. The molecule has 1 saturated carbocycles. The van der Waals surface area contributed by atoms with Gasteiger partial charge >= 0.3 is 0 Å². The summed E-state index contributed by atoms with van der Waals surface area (Å²) in [6.07, 6.45) is 4.85. The van der Waals surface area contributed by atoms with Crippen LogP contribution in [0.3, 0.4) is 0 Å². The average molecular weight is 224 g/mol. The number of nitrogens with two attached hydrogens (primary N) is 1. The predicted octanol–water partition coefficient (Wildman–Crippen LogP) is 0.960. The van der Waals surface area contributed by atoms with Crippen LogP contribution in [0, 0.1) is 5.92 Å². The molecular formula is C10H16N4O2. The molecule has 0 spiro atoms. The lowest BCUT2D eigenvalue weighted by Crippen LogP contribution is -2.37. The topological polar surface area (TPSA) is 94.0 Å². The van der Waals surface area contributed by atoms with Gasteiger partial charge in [0.15, 0.2) is 0 Å². The van der Waals surface area contributed by atoms with Crippen molar-refractivity contribution in [1.29, 1.82) is 0 Å². The van der Waals surface area contributed by atoms with Crippen molar-refractivity contribution >= 4 is 11.7 Å². The number of nitrogens with zero attached hydrogens (tertiary/aromatic N) is 2. The molecule has 0 saturated heterocycles. The molecule has 16 heavy (non-hydrogen) atoms. The predicted molar refractivity (Wildman–Crippen MR) is 57.6 cm³/mol. The van der Waals surface area contributed by atoms with Gasteiger partial charge in [0.2, 0.25) is 11.5 Å². The molecule has 1 atom stereocenters. The lowest BCUT2D eigenvalue weighted by atomic mass is 10.00. The van der Waals surface area contributed by atoms with Crippen LogP contribution in [0.25, 0.3) is 0 Å². The minimum atomic E-state index is -0.307. The summed E-state index contributed by atoms with van der Waals surface area (Å²) in [7, 11) is 0. The van der Waals surface area contributed by atoms with Crippen LogP contribution in [0.15, 0.2) is 4.63 Å². The molecule has 1 amide bonds. The van der Waals surface area contributed by atoms with Gasteiger partial charge in [-0.3, -0.25) is 4.79 Å². The summed E-state index contributed by atoms with van der Waals surface area (Å²) >= 11 is 0. The van der Waals surface area contributed by atoms with Crippen LogP contribution >= 0.6 is 0 Å². The van der Waals surface area contributed by atoms with E-state index < -0.39 is 0 Å². The number of hydrogen-bond donors (Lipinski definition) is 2. The van der Waals surface area contributed by atoms with Crippen LogP contribution in [0.5, 0.6) is 0 Å². The van der Waals surface area contributed by atoms with Gasteiger partial charge in [0.1, 0.15) is 0 Å². The summed E-state index contributed by atoms with van der Waals surface area (Å²) in [6.45, 7) is 2.01. The normalized spacial score (nSPS) is 18.6. The number of anilines is 1. The Hall–Kier alpha value is -1.59. The molecule has 88 valence electrons. The van der Waals surface area contributed by atoms with E-state index in [0.29, 0.717) is 5.92 Å². The molecule has 0 bridgehead atoms. The minimum absolute atomic E-state index is 0.0381. The van der Waals surface area contributed by atoms with Gasteiger partial charge in [-0.1, -0.05) is 12.8 Å². The molecule has 2 rings (SSSR count). The van der Waals surface area contributed by atoms with Crippen LogP contribution < -0.4 is 11.1 Å². The van der Waals surface area contributed by atoms with Gasteiger partial charge in [-0.2, -0.15) is 0 Å². The Labute approximate surface area is 93.5 Å². The standard InChI is InChI=1S/C10H16N4O2/c1-6(7-4-2-3-5-7)12-10(15)8-9(11)14-16-13-8/h6-7H,2-5H2,1H3,(H2,11,14)(H,12,15). The number of amides is 1. The van der Waals surface area contributed by atoms with E-state index >= 15 is 0 Å². The SMILES string of the molecule is CC(NC(=O)c1nonc1N)C1CCCC1. The third-order valence-corrected chi connectivity index (χ3v) is 3.19. The van der Waals surface area contributed by atoms with Gasteiger partial charge < -0.3 is 11.1 Å². The Morgan fingerprint density at radius 1 is 1.50 bits per heavy atom. The highest BCUT2D eigenvalue weighted by molar-refractivity contribution is 5.96. The number of nitrogen functional groups attached to an aromatic ring is 1. The maximum absolute atomic E-state index is 11.7. The first-order chi connectivity index (χ1) is 7.68. The largest absolute Gasteiger partial charge is 0.379 e. The second-order valence-corrected chi connectivity index (χ2v) is 4.30. The number of hydrogen-bond acceptors (Lipinski definition) is 5. The Morgan fingerprint density at radius 3 is 2.75 bits per heavy atom. The summed E-state index contributed by atoms with van der Waals surface area (Å²) in [5.41, 5.74) is 5.52. The molecule has 1 aromatic heterocycles. The summed E-state index contributed by atoms with van der Waals surface area (Å²) < 4.78 is 4.39. The molecule has 1 aliphatic carbocycles. The maximum Gasteiger partial charge on any atom is 0.277 e. The third-order valence-electron chi connectivity index (χ3n) is 3.19. The Morgan fingerprint density at radius 2 is 2.19 bits per heavy atom. The Kier molecular flexibility index (Phi) is 3.07. The highest BCUT2D eigenvalue weighted by Gasteiger charge is 2.25. The molecule has 0 radical (unpaired) electrons. The molecule has 3 N–H and O–H groups in total. The Balaban J connectivity index is 1.94. The van der Waals surface area contributed by atoms with Crippen LogP contribution in [0.2, 0.25) is 0 Å². The van der Waals surface area contributed by atoms with Gasteiger partial charge in [-0.05, 0) is 36.0 Å². The summed E-state index contributed by atoms with van der Waals surface area (Å²) in [4.78, 5) is 11.7. The molecule has 1 fully saturated rings. The molecule has 6 nitrogen and oxygen atoms in total. The molecule has 1 aromatic rings. The molecule has 1 heterocycles. The monoisotopic (exact) mass is 224 g/mol. The van der Waals surface area contributed by atoms with Gasteiger partial charge in [-0.25, -0.2) is 4.63 Å². The smallest absolute Gasteiger partial charge is 0.277 e. The number of carbonyl (C=O) groups excluding carboxylic acids is 1. The second-order valence-electron chi connectivity index (χ2n) is 4.30. The quantitative estimate of drug-likeness (QED) is 0.797. The van der Waals surface area contributed by atoms with Crippen molar-refractivity contribution in [3.05, 3.63) is 5.69 Å². The summed E-state index contributed by atoms with van der Waals surface area (Å²) in [5.74, 6) is 0.291. The number of rotatable bonds is 3. The first-order valence-corrected chi connectivity index (χ1v) is 5.57. The molecule has 6 heteroatoms. The van der Waals surface area contributed by atoms with E-state index in [2.05, 4.69) is 20.3 Å². The molecule has 0 aromatic carbocycles. The minimum Gasteiger partial charge on any atom is -0.379 e. The van der Waals surface area contributed by atoms with Crippen molar-refractivity contribution in [2.75, 3.05) is 5.73 Å². The fourth-order valence-electron chi connectivity index (χ4n) is 2.20. The van der Waals surface area contributed by atoms with Crippen molar-refractivity contribution < 1.29 is 9.42 Å². The zero-order valence-corrected chi connectivity index (χ0v) is 9.27. The first-order valence-electron chi connectivity index (χ1n) is 5.57. The Bertz CT molecular complexity index is 371. The third kappa shape index (κ3) is 2.15. The summed E-state index contributed by atoms with van der Waals surface area (Å²) in [6, 6.07) is 0.145. The van der Waals surface area contributed by atoms with E-state index in [4.69, 9.17) is 5.73 Å². The van der Waals surface area contributed by atoms with Crippen molar-refractivity contribution in [2.45, 2.75) is 38.6 Å². The molecule has 1 aliphatic rings. The van der Waals surface area contributed by atoms with Crippen LogP contribution in [-0.4, -0.2) is 22.3 Å². The van der Waals surface area contributed by atoms with E-state index in [1.54, 1.807) is 0 Å². The van der Waals surface area contributed by atoms with E-state index in [1.807, 2.05) is 6.92 Å². The van der Waals surface area contributed by atoms with Crippen molar-refractivity contribution in [2.24, 2.45) is 5.92 Å². The van der Waals surface area contributed by atoms with E-state index in [9.17, 15) is 4.79 Å². The highest BCUT2D eigenvalue weighted by Crippen LogP contribution is 2.27. The van der Waals surface area contributed by atoms with Gasteiger partial charge in [-0.15, -0.1) is 0 Å². The zero-order chi connectivity index (χ0) is 11.5. The van der Waals surface area contributed by atoms with E-state index in [-0.39, 0.29) is 23.5 Å².